The van der Waals surface area contributed by atoms with E-state index in [0.29, 0.717) is 0 Å². The third-order valence-corrected chi connectivity index (χ3v) is 5.20. The van der Waals surface area contributed by atoms with Crippen molar-refractivity contribution in [2.75, 3.05) is 5.32 Å². The molecule has 29 heavy (non-hydrogen) atoms. The van der Waals surface area contributed by atoms with E-state index in [-0.39, 0.29) is 17.9 Å². The van der Waals surface area contributed by atoms with E-state index in [1.54, 1.807) is 29.9 Å². The normalized spacial score (nSPS) is 10.9. The molecule has 7 heteroatoms. The molecule has 4 aromatic heterocycles. The van der Waals surface area contributed by atoms with Crippen molar-refractivity contribution in [3.63, 3.8) is 0 Å². The molecule has 0 unspecified atom stereocenters. The lowest BCUT2D eigenvalue weighted by atomic mass is 10.1. The van der Waals surface area contributed by atoms with Crippen molar-refractivity contribution in [2.45, 2.75) is 33.2 Å². The van der Waals surface area contributed by atoms with E-state index in [2.05, 4.69) is 60.9 Å². The number of nitrogens with zero attached hydrogens (tertiary/aromatic N) is 4. The van der Waals surface area contributed by atoms with Crippen molar-refractivity contribution in [3.8, 4) is 22.4 Å². The van der Waals surface area contributed by atoms with Gasteiger partial charge >= 0.3 is 0 Å². The number of aryl methyl sites for hydroxylation is 1. The van der Waals surface area contributed by atoms with Crippen LogP contribution in [0.5, 0.6) is 0 Å². The molecule has 148 valence electrons. The summed E-state index contributed by atoms with van der Waals surface area (Å²) in [6.07, 6.45) is 7.24. The second kappa shape index (κ2) is 8.24. The number of thiophene rings is 1. The van der Waals surface area contributed by atoms with E-state index in [9.17, 15) is 0 Å². The van der Waals surface area contributed by atoms with Gasteiger partial charge in [-0.25, -0.2) is 9.97 Å². The quantitative estimate of drug-likeness (QED) is 0.450. The highest BCUT2D eigenvalue weighted by atomic mass is 35.5. The monoisotopic (exact) mass is 423 g/mol. The Hall–Kier alpha value is -2.88. The predicted octanol–water partition coefficient (Wildman–Crippen LogP) is 5.19. The number of hydrogen-bond acceptors (Lipinski definition) is 5. The summed E-state index contributed by atoms with van der Waals surface area (Å²) in [5.41, 5.74) is 3.55. The second-order valence-corrected chi connectivity index (χ2v) is 8.63. The first-order valence-corrected chi connectivity index (χ1v) is 9.86. The van der Waals surface area contributed by atoms with Crippen LogP contribution in [0.4, 0.5) is 5.82 Å². The molecule has 1 N–H and O–H groups in total. The van der Waals surface area contributed by atoms with Gasteiger partial charge in [0.25, 0.3) is 0 Å². The van der Waals surface area contributed by atoms with Crippen molar-refractivity contribution >= 4 is 35.2 Å². The van der Waals surface area contributed by atoms with Crippen molar-refractivity contribution in [2.24, 2.45) is 0 Å². The van der Waals surface area contributed by atoms with Crippen LogP contribution in [0.2, 0.25) is 0 Å². The minimum atomic E-state index is -0.0953. The molecule has 0 aliphatic carbocycles. The molecule has 0 aliphatic rings. The van der Waals surface area contributed by atoms with Gasteiger partial charge in [-0.2, -0.15) is 0 Å². The smallest absolute Gasteiger partial charge is 0.157 e. The highest BCUT2D eigenvalue weighted by Gasteiger charge is 2.21. The number of hydrogen-bond donors (Lipinski definition) is 1. The molecule has 0 atom stereocenters. The van der Waals surface area contributed by atoms with Crippen LogP contribution in [0.15, 0.2) is 49.1 Å². The Kier molecular flexibility index (Phi) is 5.92. The molecule has 4 rings (SSSR count). The van der Waals surface area contributed by atoms with E-state index in [1.165, 1.54) is 0 Å². The van der Waals surface area contributed by atoms with Crippen LogP contribution in [-0.2, 0) is 0 Å². The molecule has 5 nitrogen and oxygen atoms in total. The third kappa shape index (κ3) is 4.58. The topological polar surface area (TPSA) is 55.1 Å². The zero-order valence-electron chi connectivity index (χ0n) is 16.7. The van der Waals surface area contributed by atoms with Crippen molar-refractivity contribution in [3.05, 3.63) is 65.2 Å². The summed E-state index contributed by atoms with van der Waals surface area (Å²) in [7, 11) is 0. The first kappa shape index (κ1) is 20.8. The number of aromatic nitrogens is 4. The van der Waals surface area contributed by atoms with Gasteiger partial charge in [0.1, 0.15) is 17.2 Å². The Bertz CT molecular complexity index is 1190. The van der Waals surface area contributed by atoms with Gasteiger partial charge in [-0.05, 0) is 63.3 Å². The summed E-state index contributed by atoms with van der Waals surface area (Å²) in [6, 6.07) is 7.90. The van der Waals surface area contributed by atoms with Gasteiger partial charge < -0.3 is 5.32 Å². The number of imidazole rings is 1. The van der Waals surface area contributed by atoms with Crippen LogP contribution in [0.1, 0.15) is 36.9 Å². The van der Waals surface area contributed by atoms with E-state index in [1.807, 2.05) is 28.8 Å². The van der Waals surface area contributed by atoms with Gasteiger partial charge in [-0.15, -0.1) is 23.7 Å². The summed E-state index contributed by atoms with van der Waals surface area (Å²) >= 11 is 1.65. The van der Waals surface area contributed by atoms with Crippen LogP contribution >= 0.6 is 23.7 Å². The lowest BCUT2D eigenvalue weighted by molar-refractivity contribution is 0.629. The van der Waals surface area contributed by atoms with E-state index >= 15 is 0 Å². The average molecular weight is 424 g/mol. The molecule has 0 aromatic carbocycles. The van der Waals surface area contributed by atoms with Gasteiger partial charge in [0.15, 0.2) is 5.65 Å². The molecule has 0 spiro atoms. The highest BCUT2D eigenvalue weighted by molar-refractivity contribution is 7.16. The zero-order valence-corrected chi connectivity index (χ0v) is 18.4. The summed E-state index contributed by atoms with van der Waals surface area (Å²) in [4.78, 5) is 15.4. The largest absolute Gasteiger partial charge is 0.365 e. The first-order valence-electron chi connectivity index (χ1n) is 9.05. The Balaban J connectivity index is 0.00000240. The molecule has 0 fully saturated rings. The Morgan fingerprint density at radius 1 is 1.14 bits per heavy atom. The number of fused-ring (bicyclic) bond motifs is 1. The fourth-order valence-corrected chi connectivity index (χ4v) is 3.85. The van der Waals surface area contributed by atoms with Crippen LogP contribution < -0.4 is 5.32 Å². The fraction of sp³-hybridized carbons (Fsp3) is 0.227. The standard InChI is InChI=1S/C22H21N5S.ClH/c1-15-13-18(28-17(15)9-8-16-7-5-6-10-24-16)20-21(26-22(2,3)4)27-12-11-23-14-19(27)25-20;/h5-7,10-14,26H,1-4H3;1H. The average Bonchev–Trinajstić information content (AvgIpc) is 3.20. The SMILES string of the molecule is Cc1cc(-c2nc3cnccn3c2NC(C)(C)C)sc1C#Cc1ccccn1.Cl. The molecule has 0 aliphatic heterocycles. The van der Waals surface area contributed by atoms with Crippen LogP contribution in [-0.4, -0.2) is 24.9 Å². The summed E-state index contributed by atoms with van der Waals surface area (Å²) in [5, 5.41) is 3.59. The van der Waals surface area contributed by atoms with Gasteiger partial charge in [-0.1, -0.05) is 6.07 Å². The lowest BCUT2D eigenvalue weighted by Crippen LogP contribution is -2.27. The summed E-state index contributed by atoms with van der Waals surface area (Å²) < 4.78 is 2.04. The molecular weight excluding hydrogens is 402 g/mol. The predicted molar refractivity (Wildman–Crippen MR) is 122 cm³/mol. The second-order valence-electron chi connectivity index (χ2n) is 7.58. The maximum absolute atomic E-state index is 4.83. The molecular formula is C22H22ClN5S. The molecule has 0 bridgehead atoms. The molecule has 0 saturated carbocycles. The minimum Gasteiger partial charge on any atom is -0.365 e. The van der Waals surface area contributed by atoms with E-state index < -0.39 is 0 Å². The molecule has 4 heterocycles. The Morgan fingerprint density at radius 2 is 1.97 bits per heavy atom. The summed E-state index contributed by atoms with van der Waals surface area (Å²) in [5.74, 6) is 7.37. The van der Waals surface area contributed by atoms with Crippen molar-refractivity contribution in [1.82, 2.24) is 19.4 Å². The number of anilines is 1. The minimum absolute atomic E-state index is 0. The van der Waals surface area contributed by atoms with Crippen molar-refractivity contribution < 1.29 is 0 Å². The van der Waals surface area contributed by atoms with Gasteiger partial charge in [0.05, 0.1) is 16.0 Å². The number of halogens is 1. The number of nitrogens with one attached hydrogen (secondary N) is 1. The maximum atomic E-state index is 4.83. The molecule has 0 saturated heterocycles. The van der Waals surface area contributed by atoms with Crippen molar-refractivity contribution in [1.29, 1.82) is 0 Å². The number of rotatable bonds is 2. The maximum Gasteiger partial charge on any atom is 0.157 e. The first-order chi connectivity index (χ1) is 13.4. The van der Waals surface area contributed by atoms with E-state index in [0.717, 1.165) is 38.2 Å². The Labute approximate surface area is 180 Å². The van der Waals surface area contributed by atoms with E-state index in [4.69, 9.17) is 4.98 Å². The van der Waals surface area contributed by atoms with Crippen LogP contribution in [0.3, 0.4) is 0 Å². The molecule has 4 aromatic rings. The highest BCUT2D eigenvalue weighted by Crippen LogP contribution is 2.36. The fourth-order valence-electron chi connectivity index (χ4n) is 2.83. The van der Waals surface area contributed by atoms with Crippen LogP contribution in [0.25, 0.3) is 16.2 Å². The summed E-state index contributed by atoms with van der Waals surface area (Å²) in [6.45, 7) is 8.50. The number of pyridine rings is 1. The van der Waals surface area contributed by atoms with Gasteiger partial charge in [0.2, 0.25) is 0 Å². The molecule has 0 radical (unpaired) electrons. The van der Waals surface area contributed by atoms with Gasteiger partial charge in [-0.3, -0.25) is 9.38 Å². The zero-order chi connectivity index (χ0) is 19.7. The third-order valence-electron chi connectivity index (χ3n) is 4.04. The van der Waals surface area contributed by atoms with Gasteiger partial charge in [0, 0.05) is 24.1 Å². The Morgan fingerprint density at radius 3 is 2.69 bits per heavy atom. The molecule has 0 amide bonds. The lowest BCUT2D eigenvalue weighted by Gasteiger charge is -2.22. The van der Waals surface area contributed by atoms with Crippen LogP contribution in [0, 0.1) is 18.8 Å².